The van der Waals surface area contributed by atoms with Crippen LogP contribution in [0.3, 0.4) is 0 Å². The maximum Gasteiger partial charge on any atom is 0.196 e. The molecular weight excluding hydrogens is 417 g/mol. The summed E-state index contributed by atoms with van der Waals surface area (Å²) >= 11 is 12.4. The minimum atomic E-state index is 0. The van der Waals surface area contributed by atoms with Crippen LogP contribution in [0.5, 0.6) is 5.75 Å². The fourth-order valence-corrected chi connectivity index (χ4v) is 3.03. The van der Waals surface area contributed by atoms with E-state index in [2.05, 4.69) is 9.98 Å². The highest BCUT2D eigenvalue weighted by atomic mass is 35.5. The van der Waals surface area contributed by atoms with Crippen LogP contribution in [0.15, 0.2) is 65.7 Å². The van der Waals surface area contributed by atoms with E-state index < -0.39 is 0 Å². The first-order valence-corrected chi connectivity index (χ1v) is 9.19. The van der Waals surface area contributed by atoms with Crippen LogP contribution < -0.4 is 10.5 Å². The Morgan fingerprint density at radius 1 is 1.00 bits per heavy atom. The average Bonchev–Trinajstić information content (AvgIpc) is 2.63. The summed E-state index contributed by atoms with van der Waals surface area (Å²) in [6.07, 6.45) is 0.534. The number of amidine groups is 1. The molecule has 0 saturated heterocycles. The van der Waals surface area contributed by atoms with Gasteiger partial charge in [-0.25, -0.2) is 9.98 Å². The molecule has 0 fully saturated rings. The normalized spacial score (nSPS) is 11.0. The van der Waals surface area contributed by atoms with Crippen LogP contribution in [0.25, 0.3) is 0 Å². The number of benzene rings is 2. The largest absolute Gasteiger partial charge is 0.485 e. The van der Waals surface area contributed by atoms with Crippen molar-refractivity contribution in [2.24, 2.45) is 10.7 Å². The Kier molecular flexibility index (Phi) is 8.12. The van der Waals surface area contributed by atoms with Crippen molar-refractivity contribution in [3.05, 3.63) is 87.5 Å². The molecule has 7 heteroatoms. The van der Waals surface area contributed by atoms with Gasteiger partial charge in [0.1, 0.15) is 12.4 Å². The summed E-state index contributed by atoms with van der Waals surface area (Å²) in [5.41, 5.74) is 8.74. The molecule has 3 aromatic rings. The monoisotopic (exact) mass is 435 g/mol. The van der Waals surface area contributed by atoms with Gasteiger partial charge in [-0.15, -0.1) is 12.4 Å². The van der Waals surface area contributed by atoms with Crippen LogP contribution in [0.1, 0.15) is 16.8 Å². The van der Waals surface area contributed by atoms with Crippen molar-refractivity contribution >= 4 is 47.3 Å². The second kappa shape index (κ2) is 10.3. The standard InChI is InChI=1S/C21H19Cl2N3O.ClH/c1-14-10-11-19(27-13-16-17(22)8-5-9-18(16)23)21(25-14)26-20(24)12-15-6-3-2-4-7-15;/h2-11H,12-13H2,1H3,(H2,24,25,26);1H. The Morgan fingerprint density at radius 3 is 2.36 bits per heavy atom. The second-order valence-electron chi connectivity index (χ2n) is 6.03. The molecule has 1 heterocycles. The first kappa shape index (κ1) is 22.0. The molecule has 0 unspecified atom stereocenters. The van der Waals surface area contributed by atoms with E-state index in [9.17, 15) is 0 Å². The zero-order valence-electron chi connectivity index (χ0n) is 15.2. The molecule has 0 radical (unpaired) electrons. The fourth-order valence-electron chi connectivity index (χ4n) is 2.52. The summed E-state index contributed by atoms with van der Waals surface area (Å²) in [5.74, 6) is 1.42. The van der Waals surface area contributed by atoms with Crippen molar-refractivity contribution < 1.29 is 4.74 Å². The molecular formula is C21H20Cl3N3O. The highest BCUT2D eigenvalue weighted by Crippen LogP contribution is 2.30. The van der Waals surface area contributed by atoms with Crippen molar-refractivity contribution in [3.63, 3.8) is 0 Å². The Bertz CT molecular complexity index is 942. The smallest absolute Gasteiger partial charge is 0.196 e. The fraction of sp³-hybridized carbons (Fsp3) is 0.143. The number of ether oxygens (including phenoxy) is 1. The van der Waals surface area contributed by atoms with Crippen LogP contribution in [-0.2, 0) is 13.0 Å². The maximum atomic E-state index is 6.21. The van der Waals surface area contributed by atoms with Crippen molar-refractivity contribution in [2.75, 3.05) is 0 Å². The quantitative estimate of drug-likeness (QED) is 0.385. The van der Waals surface area contributed by atoms with Crippen LogP contribution in [0, 0.1) is 6.92 Å². The van der Waals surface area contributed by atoms with Gasteiger partial charge in [-0.05, 0) is 36.8 Å². The minimum absolute atomic E-state index is 0. The van der Waals surface area contributed by atoms with Gasteiger partial charge < -0.3 is 10.5 Å². The predicted molar refractivity (Wildman–Crippen MR) is 118 cm³/mol. The van der Waals surface area contributed by atoms with Crippen molar-refractivity contribution in [1.82, 2.24) is 4.98 Å². The lowest BCUT2D eigenvalue weighted by Gasteiger charge is -2.12. The average molecular weight is 437 g/mol. The number of aromatic nitrogens is 1. The summed E-state index contributed by atoms with van der Waals surface area (Å²) in [6, 6.07) is 18.9. The molecule has 2 aromatic carbocycles. The Balaban J connectivity index is 0.00000280. The molecule has 0 saturated carbocycles. The summed E-state index contributed by atoms with van der Waals surface area (Å²) < 4.78 is 5.90. The van der Waals surface area contributed by atoms with Crippen LogP contribution in [0.2, 0.25) is 10.0 Å². The topological polar surface area (TPSA) is 60.5 Å². The van der Waals surface area contributed by atoms with E-state index in [4.69, 9.17) is 33.7 Å². The molecule has 28 heavy (non-hydrogen) atoms. The van der Waals surface area contributed by atoms with E-state index >= 15 is 0 Å². The van der Waals surface area contributed by atoms with E-state index in [1.165, 1.54) is 0 Å². The molecule has 0 atom stereocenters. The molecule has 0 aliphatic heterocycles. The Labute approximate surface area is 180 Å². The number of aliphatic imine (C=N–C) groups is 1. The molecule has 4 nitrogen and oxygen atoms in total. The number of nitrogens with zero attached hydrogens (tertiary/aromatic N) is 2. The summed E-state index contributed by atoms with van der Waals surface area (Å²) in [5, 5.41) is 1.10. The third-order valence-corrected chi connectivity index (χ3v) is 4.60. The summed E-state index contributed by atoms with van der Waals surface area (Å²) in [6.45, 7) is 2.10. The molecule has 3 rings (SSSR count). The van der Waals surface area contributed by atoms with Crippen molar-refractivity contribution in [2.45, 2.75) is 20.0 Å². The Hall–Kier alpha value is -2.27. The van der Waals surface area contributed by atoms with Gasteiger partial charge in [0, 0.05) is 27.7 Å². The lowest BCUT2D eigenvalue weighted by molar-refractivity contribution is 0.306. The molecule has 0 aliphatic carbocycles. The van der Waals surface area contributed by atoms with Gasteiger partial charge in [0.2, 0.25) is 0 Å². The van der Waals surface area contributed by atoms with E-state index in [-0.39, 0.29) is 19.0 Å². The number of hydrogen-bond donors (Lipinski definition) is 1. The zero-order valence-corrected chi connectivity index (χ0v) is 17.6. The van der Waals surface area contributed by atoms with Gasteiger partial charge in [-0.1, -0.05) is 59.6 Å². The third kappa shape index (κ3) is 5.86. The maximum absolute atomic E-state index is 6.21. The zero-order chi connectivity index (χ0) is 19.2. The van der Waals surface area contributed by atoms with Gasteiger partial charge in [-0.3, -0.25) is 0 Å². The van der Waals surface area contributed by atoms with Gasteiger partial charge in [0.15, 0.2) is 11.6 Å². The number of pyridine rings is 1. The van der Waals surface area contributed by atoms with Crippen molar-refractivity contribution in [1.29, 1.82) is 0 Å². The van der Waals surface area contributed by atoms with E-state index in [1.54, 1.807) is 18.2 Å². The molecule has 0 amide bonds. The highest BCUT2D eigenvalue weighted by molar-refractivity contribution is 6.35. The number of rotatable bonds is 6. The first-order valence-electron chi connectivity index (χ1n) is 8.43. The minimum Gasteiger partial charge on any atom is -0.485 e. The van der Waals surface area contributed by atoms with Crippen LogP contribution in [0.4, 0.5) is 5.82 Å². The van der Waals surface area contributed by atoms with Gasteiger partial charge in [-0.2, -0.15) is 0 Å². The van der Waals surface area contributed by atoms with E-state index in [1.807, 2.05) is 49.4 Å². The SMILES string of the molecule is Cc1ccc(OCc2c(Cl)cccc2Cl)c(N=C(N)Cc2ccccc2)n1.Cl. The van der Waals surface area contributed by atoms with Gasteiger partial charge in [0.25, 0.3) is 0 Å². The van der Waals surface area contributed by atoms with Crippen molar-refractivity contribution in [3.8, 4) is 5.75 Å². The molecule has 146 valence electrons. The molecule has 0 spiro atoms. The van der Waals surface area contributed by atoms with E-state index in [0.29, 0.717) is 39.4 Å². The molecule has 1 aromatic heterocycles. The van der Waals surface area contributed by atoms with E-state index in [0.717, 1.165) is 11.3 Å². The third-order valence-electron chi connectivity index (χ3n) is 3.89. The molecule has 0 bridgehead atoms. The first-order chi connectivity index (χ1) is 13.0. The Morgan fingerprint density at radius 2 is 1.68 bits per heavy atom. The van der Waals surface area contributed by atoms with Crippen LogP contribution in [-0.4, -0.2) is 10.8 Å². The predicted octanol–water partition coefficient (Wildman–Crippen LogP) is 5.93. The number of aryl methyl sites for hydroxylation is 1. The van der Waals surface area contributed by atoms with Gasteiger partial charge in [0.05, 0.1) is 0 Å². The summed E-state index contributed by atoms with van der Waals surface area (Å²) in [7, 11) is 0. The second-order valence-corrected chi connectivity index (χ2v) is 6.84. The van der Waals surface area contributed by atoms with Gasteiger partial charge >= 0.3 is 0 Å². The number of halogens is 3. The highest BCUT2D eigenvalue weighted by Gasteiger charge is 2.10. The summed E-state index contributed by atoms with van der Waals surface area (Å²) in [4.78, 5) is 8.92. The van der Waals surface area contributed by atoms with Crippen LogP contribution >= 0.6 is 35.6 Å². The number of nitrogens with two attached hydrogens (primary N) is 1. The molecule has 2 N–H and O–H groups in total. The number of hydrogen-bond acceptors (Lipinski definition) is 3. The lowest BCUT2D eigenvalue weighted by Crippen LogP contribution is -2.14. The lowest BCUT2D eigenvalue weighted by atomic mass is 10.1. The molecule has 0 aliphatic rings.